The van der Waals surface area contributed by atoms with Crippen molar-refractivity contribution in [3.63, 3.8) is 0 Å². The van der Waals surface area contributed by atoms with E-state index in [-0.39, 0.29) is 12.3 Å². The minimum absolute atomic E-state index is 0.141. The Hall–Kier alpha value is -2.61. The number of nitrogens with zero attached hydrogens (tertiary/aromatic N) is 1. The van der Waals surface area contributed by atoms with E-state index >= 15 is 0 Å². The number of nitrogens with one attached hydrogen (secondary N) is 2. The molecule has 0 aliphatic heterocycles. The molecule has 0 bridgehead atoms. The Morgan fingerprint density at radius 1 is 1.10 bits per heavy atom. The van der Waals surface area contributed by atoms with Gasteiger partial charge < -0.3 is 15.4 Å². The van der Waals surface area contributed by atoms with Gasteiger partial charge in [-0.05, 0) is 61.2 Å². The first-order valence-corrected chi connectivity index (χ1v) is 12.1. The van der Waals surface area contributed by atoms with Gasteiger partial charge >= 0.3 is 0 Å². The Morgan fingerprint density at radius 2 is 1.90 bits per heavy atom. The van der Waals surface area contributed by atoms with E-state index in [1.165, 1.54) is 18.2 Å². The third-order valence-corrected chi connectivity index (χ3v) is 5.09. The van der Waals surface area contributed by atoms with Crippen LogP contribution in [-0.4, -0.2) is 40.3 Å². The van der Waals surface area contributed by atoms with Gasteiger partial charge in [0.1, 0.15) is 11.6 Å². The molecule has 0 radical (unpaired) electrons. The highest BCUT2D eigenvalue weighted by molar-refractivity contribution is 7.89. The third-order valence-electron chi connectivity index (χ3n) is 4.25. The summed E-state index contributed by atoms with van der Waals surface area (Å²) < 4.78 is 42.5. The molecule has 2 aromatic rings. The van der Waals surface area contributed by atoms with Gasteiger partial charge in [-0.2, -0.15) is 0 Å². The summed E-state index contributed by atoms with van der Waals surface area (Å²) in [5.74, 6) is 0.885. The van der Waals surface area contributed by atoms with Crippen molar-refractivity contribution in [1.82, 2.24) is 10.6 Å². The number of halogens is 1. The van der Waals surface area contributed by atoms with Crippen LogP contribution in [-0.2, 0) is 28.6 Å². The lowest BCUT2D eigenvalue weighted by Crippen LogP contribution is -2.38. The fraction of sp³-hybridized carbons (Fsp3) is 0.409. The molecule has 0 aliphatic carbocycles. The normalized spacial score (nSPS) is 11.9. The largest absolute Gasteiger partial charge is 0.494 e. The van der Waals surface area contributed by atoms with Gasteiger partial charge in [-0.15, -0.1) is 0 Å². The van der Waals surface area contributed by atoms with Crippen molar-refractivity contribution in [2.75, 3.05) is 26.0 Å². The number of benzene rings is 2. The van der Waals surface area contributed by atoms with Gasteiger partial charge in [-0.1, -0.05) is 18.2 Å². The standard InChI is InChI=1S/C22H30FN3O3S/c1-4-24-22(25-12-11-17-7-6-8-21(13-17)29-5-2)26-15-19-14-20(23)10-9-18(19)16-30(3,27)28/h6-10,13-14H,4-5,11-12,15-16H2,1-3H3,(H2,24,25,26). The molecule has 0 spiro atoms. The first kappa shape index (κ1) is 23.7. The van der Waals surface area contributed by atoms with Crippen LogP contribution in [0.5, 0.6) is 5.75 Å². The van der Waals surface area contributed by atoms with E-state index in [9.17, 15) is 12.8 Å². The highest BCUT2D eigenvalue weighted by Crippen LogP contribution is 2.16. The van der Waals surface area contributed by atoms with Crippen LogP contribution < -0.4 is 15.4 Å². The van der Waals surface area contributed by atoms with Crippen molar-refractivity contribution in [3.05, 3.63) is 65.0 Å². The molecule has 0 aliphatic rings. The number of hydrogen-bond acceptors (Lipinski definition) is 4. The van der Waals surface area contributed by atoms with Crippen LogP contribution in [0.2, 0.25) is 0 Å². The van der Waals surface area contributed by atoms with Crippen molar-refractivity contribution < 1.29 is 17.5 Å². The van der Waals surface area contributed by atoms with Gasteiger partial charge in [0.15, 0.2) is 15.8 Å². The average Bonchev–Trinajstić information content (AvgIpc) is 2.67. The van der Waals surface area contributed by atoms with E-state index < -0.39 is 15.7 Å². The van der Waals surface area contributed by atoms with E-state index in [1.807, 2.05) is 38.1 Å². The number of ether oxygens (including phenoxy) is 1. The van der Waals surface area contributed by atoms with Gasteiger partial charge in [0.2, 0.25) is 0 Å². The first-order chi connectivity index (χ1) is 14.3. The molecule has 0 aromatic heterocycles. The second-order valence-corrected chi connectivity index (χ2v) is 9.08. The lowest BCUT2D eigenvalue weighted by Gasteiger charge is -2.13. The van der Waals surface area contributed by atoms with Crippen molar-refractivity contribution in [2.24, 2.45) is 4.99 Å². The molecule has 0 atom stereocenters. The number of aliphatic imine (C=N–C) groups is 1. The highest BCUT2D eigenvalue weighted by Gasteiger charge is 2.11. The maximum absolute atomic E-state index is 13.7. The van der Waals surface area contributed by atoms with Gasteiger partial charge in [-0.25, -0.2) is 17.8 Å². The third kappa shape index (κ3) is 8.41. The topological polar surface area (TPSA) is 79.8 Å². The summed E-state index contributed by atoms with van der Waals surface area (Å²) >= 11 is 0. The summed E-state index contributed by atoms with van der Waals surface area (Å²) in [5, 5.41) is 6.41. The van der Waals surface area contributed by atoms with E-state index in [0.717, 1.165) is 24.0 Å². The smallest absolute Gasteiger partial charge is 0.191 e. The van der Waals surface area contributed by atoms with E-state index in [1.54, 1.807) is 0 Å². The van der Waals surface area contributed by atoms with Crippen LogP contribution in [0.1, 0.15) is 30.5 Å². The second kappa shape index (κ2) is 11.5. The van der Waals surface area contributed by atoms with Crippen LogP contribution in [0.15, 0.2) is 47.5 Å². The average molecular weight is 436 g/mol. The van der Waals surface area contributed by atoms with Crippen molar-refractivity contribution in [3.8, 4) is 5.75 Å². The number of sulfone groups is 1. The van der Waals surface area contributed by atoms with Crippen LogP contribution in [0.3, 0.4) is 0 Å². The molecule has 0 saturated carbocycles. The molecule has 2 rings (SSSR count). The van der Waals surface area contributed by atoms with Crippen LogP contribution in [0, 0.1) is 5.82 Å². The summed E-state index contributed by atoms with van der Waals surface area (Å²) in [4.78, 5) is 4.50. The summed E-state index contributed by atoms with van der Waals surface area (Å²) in [6, 6.07) is 12.1. The van der Waals surface area contributed by atoms with Crippen molar-refractivity contribution in [2.45, 2.75) is 32.6 Å². The molecule has 2 aromatic carbocycles. The molecule has 2 N–H and O–H groups in total. The number of rotatable bonds is 10. The zero-order valence-corrected chi connectivity index (χ0v) is 18.6. The molecule has 6 nitrogen and oxygen atoms in total. The first-order valence-electron chi connectivity index (χ1n) is 9.99. The van der Waals surface area contributed by atoms with E-state index in [4.69, 9.17) is 4.74 Å². The van der Waals surface area contributed by atoms with Gasteiger partial charge in [-0.3, -0.25) is 0 Å². The fourth-order valence-electron chi connectivity index (χ4n) is 2.95. The van der Waals surface area contributed by atoms with Crippen molar-refractivity contribution >= 4 is 15.8 Å². The monoisotopic (exact) mass is 435 g/mol. The Balaban J connectivity index is 2.04. The zero-order valence-electron chi connectivity index (χ0n) is 17.7. The Bertz CT molecular complexity index is 962. The summed E-state index contributed by atoms with van der Waals surface area (Å²) in [6.45, 7) is 6.04. The molecule has 0 amide bonds. The Labute approximate surface area is 178 Å². The molecule has 30 heavy (non-hydrogen) atoms. The molecular weight excluding hydrogens is 405 g/mol. The van der Waals surface area contributed by atoms with Crippen LogP contribution in [0.4, 0.5) is 4.39 Å². The summed E-state index contributed by atoms with van der Waals surface area (Å²) in [6.07, 6.45) is 1.94. The number of guanidine groups is 1. The maximum atomic E-state index is 13.7. The Morgan fingerprint density at radius 3 is 2.60 bits per heavy atom. The highest BCUT2D eigenvalue weighted by atomic mass is 32.2. The van der Waals surface area contributed by atoms with Gasteiger partial charge in [0, 0.05) is 19.3 Å². The zero-order chi connectivity index (χ0) is 22.0. The van der Waals surface area contributed by atoms with Crippen molar-refractivity contribution in [1.29, 1.82) is 0 Å². The van der Waals surface area contributed by atoms with Crippen LogP contribution in [0.25, 0.3) is 0 Å². The molecule has 0 unspecified atom stereocenters. The fourth-order valence-corrected chi connectivity index (χ4v) is 3.80. The van der Waals surface area contributed by atoms with Gasteiger partial charge in [0.25, 0.3) is 0 Å². The quantitative estimate of drug-likeness (QED) is 0.443. The van der Waals surface area contributed by atoms with E-state index in [0.29, 0.717) is 36.8 Å². The summed E-state index contributed by atoms with van der Waals surface area (Å²) in [7, 11) is -3.23. The predicted octanol–water partition coefficient (Wildman–Crippen LogP) is 3.07. The Kier molecular flexibility index (Phi) is 9.11. The molecule has 0 heterocycles. The molecule has 164 valence electrons. The summed E-state index contributed by atoms with van der Waals surface area (Å²) in [5.41, 5.74) is 2.26. The SMILES string of the molecule is CCNC(=NCc1cc(F)ccc1CS(C)(=O)=O)NCCc1cccc(OCC)c1. The maximum Gasteiger partial charge on any atom is 0.191 e. The molecule has 8 heteroatoms. The molecule has 0 fully saturated rings. The van der Waals surface area contributed by atoms with Gasteiger partial charge in [0.05, 0.1) is 18.9 Å². The predicted molar refractivity (Wildman–Crippen MR) is 119 cm³/mol. The molecule has 0 saturated heterocycles. The van der Waals surface area contributed by atoms with Crippen LogP contribution >= 0.6 is 0 Å². The minimum Gasteiger partial charge on any atom is -0.494 e. The second-order valence-electron chi connectivity index (χ2n) is 6.94. The minimum atomic E-state index is -3.23. The molecular formula is C22H30FN3O3S. The van der Waals surface area contributed by atoms with E-state index in [2.05, 4.69) is 15.6 Å². The number of hydrogen-bond donors (Lipinski definition) is 2. The lowest BCUT2D eigenvalue weighted by atomic mass is 10.1. The lowest BCUT2D eigenvalue weighted by molar-refractivity contribution is 0.340.